The smallest absolute Gasteiger partial charge is 0.276 e. The molecule has 2 amide bonds. The number of fused-ring (bicyclic) bond motifs is 1. The number of carbonyl (C=O) groups excluding carboxylic acids is 2. The summed E-state index contributed by atoms with van der Waals surface area (Å²) in [5.74, 6) is 0.927. The number of imidazole rings is 1. The quantitative estimate of drug-likeness (QED) is 0.754. The van der Waals surface area contributed by atoms with Crippen LogP contribution in [0.5, 0.6) is 0 Å². The van der Waals surface area contributed by atoms with Gasteiger partial charge in [0.05, 0.1) is 0 Å². The topological polar surface area (TPSA) is 74.0 Å². The lowest BCUT2D eigenvalue weighted by Gasteiger charge is -2.34. The Kier molecular flexibility index (Phi) is 5.65. The number of likely N-dealkylation sites (tertiary alicyclic amines) is 1. The van der Waals surface area contributed by atoms with Gasteiger partial charge >= 0.3 is 0 Å². The summed E-state index contributed by atoms with van der Waals surface area (Å²) in [5, 5.41) is 0. The average molecular weight is 425 g/mol. The van der Waals surface area contributed by atoms with Gasteiger partial charge in [-0.05, 0) is 38.8 Å². The first-order valence-electron chi connectivity index (χ1n) is 11.7. The van der Waals surface area contributed by atoms with Gasteiger partial charge in [0.1, 0.15) is 6.33 Å². The number of piperazine rings is 1. The van der Waals surface area contributed by atoms with E-state index in [1.54, 1.807) is 12.5 Å². The van der Waals surface area contributed by atoms with Gasteiger partial charge in [-0.15, -0.1) is 0 Å². The number of rotatable bonds is 3. The molecule has 2 aromatic heterocycles. The molecule has 3 fully saturated rings. The predicted molar refractivity (Wildman–Crippen MR) is 117 cm³/mol. The molecule has 166 valence electrons. The highest BCUT2D eigenvalue weighted by Gasteiger charge is 2.31. The summed E-state index contributed by atoms with van der Waals surface area (Å²) < 4.78 is 1.99. The summed E-state index contributed by atoms with van der Waals surface area (Å²) in [6, 6.07) is 2.04. The van der Waals surface area contributed by atoms with Crippen LogP contribution in [0, 0.1) is 5.92 Å². The number of hydrogen-bond acceptors (Lipinski definition) is 5. The Hall–Kier alpha value is -2.48. The molecule has 5 rings (SSSR count). The zero-order valence-corrected chi connectivity index (χ0v) is 18.4. The van der Waals surface area contributed by atoms with Crippen LogP contribution in [0.15, 0.2) is 18.6 Å². The lowest BCUT2D eigenvalue weighted by Crippen LogP contribution is -2.47. The fourth-order valence-corrected chi connectivity index (χ4v) is 5.39. The Bertz CT molecular complexity index is 950. The zero-order valence-electron chi connectivity index (χ0n) is 18.4. The predicted octanol–water partition coefficient (Wildman–Crippen LogP) is 2.01. The molecular formula is C23H32N6O2. The second-order valence-corrected chi connectivity index (χ2v) is 9.33. The summed E-state index contributed by atoms with van der Waals surface area (Å²) in [6.07, 6.45) is 9.93. The van der Waals surface area contributed by atoms with Crippen LogP contribution in [0.4, 0.5) is 0 Å². The molecule has 0 radical (unpaired) electrons. The number of carbonyl (C=O) groups is 2. The van der Waals surface area contributed by atoms with Crippen LogP contribution in [0.3, 0.4) is 0 Å². The number of hydrogen-bond donors (Lipinski definition) is 0. The average Bonchev–Trinajstić information content (AvgIpc) is 3.49. The third-order valence-electron chi connectivity index (χ3n) is 7.38. The van der Waals surface area contributed by atoms with Crippen LogP contribution in [0.1, 0.15) is 60.6 Å². The summed E-state index contributed by atoms with van der Waals surface area (Å²) in [6.45, 7) is 4.84. The van der Waals surface area contributed by atoms with Crippen LogP contribution < -0.4 is 0 Å². The van der Waals surface area contributed by atoms with Crippen molar-refractivity contribution in [2.75, 3.05) is 46.3 Å². The van der Waals surface area contributed by atoms with Gasteiger partial charge in [0.25, 0.3) is 5.91 Å². The molecule has 2 aromatic rings. The Morgan fingerprint density at radius 3 is 2.32 bits per heavy atom. The maximum atomic E-state index is 13.1. The summed E-state index contributed by atoms with van der Waals surface area (Å²) in [7, 11) is 2.08. The van der Waals surface area contributed by atoms with Crippen molar-refractivity contribution in [3.05, 3.63) is 30.0 Å². The van der Waals surface area contributed by atoms with E-state index >= 15 is 0 Å². The number of amides is 2. The molecule has 2 saturated heterocycles. The zero-order chi connectivity index (χ0) is 21.4. The van der Waals surface area contributed by atoms with E-state index in [1.807, 2.05) is 15.4 Å². The fourth-order valence-electron chi connectivity index (χ4n) is 5.39. The highest BCUT2D eigenvalue weighted by atomic mass is 16.2. The lowest BCUT2D eigenvalue weighted by atomic mass is 9.92. The van der Waals surface area contributed by atoms with Gasteiger partial charge in [-0.2, -0.15) is 0 Å². The normalized spacial score (nSPS) is 21.8. The van der Waals surface area contributed by atoms with E-state index in [-0.39, 0.29) is 11.8 Å². The van der Waals surface area contributed by atoms with Crippen molar-refractivity contribution < 1.29 is 9.59 Å². The first-order chi connectivity index (χ1) is 15.1. The van der Waals surface area contributed by atoms with E-state index in [0.717, 1.165) is 70.6 Å². The van der Waals surface area contributed by atoms with Gasteiger partial charge < -0.3 is 14.7 Å². The molecule has 0 bridgehead atoms. The first-order valence-corrected chi connectivity index (χ1v) is 11.7. The fraction of sp³-hybridized carbons (Fsp3) is 0.652. The second kappa shape index (κ2) is 8.57. The standard InChI is InChI=1S/C23H32N6O2/c1-26-12-14-28(15-13-26)23(31)20-21-24-9-6-19(29(21)16-25-20)17-7-10-27(11-8-17)22(30)18-4-2-3-5-18/h6,9,16-18H,2-5,7-8,10-15H2,1H3. The lowest BCUT2D eigenvalue weighted by molar-refractivity contribution is -0.136. The largest absolute Gasteiger partial charge is 0.342 e. The third-order valence-corrected chi connectivity index (χ3v) is 7.38. The van der Waals surface area contributed by atoms with Gasteiger partial charge in [0, 0.05) is 63.0 Å². The molecule has 31 heavy (non-hydrogen) atoms. The molecular weight excluding hydrogens is 392 g/mol. The van der Waals surface area contributed by atoms with Crippen LogP contribution in [-0.2, 0) is 4.79 Å². The highest BCUT2D eigenvalue weighted by Crippen LogP contribution is 2.32. The van der Waals surface area contributed by atoms with Gasteiger partial charge in [0.2, 0.25) is 5.91 Å². The second-order valence-electron chi connectivity index (χ2n) is 9.33. The van der Waals surface area contributed by atoms with Crippen molar-refractivity contribution in [2.24, 2.45) is 5.92 Å². The van der Waals surface area contributed by atoms with Gasteiger partial charge in [-0.3, -0.25) is 14.0 Å². The molecule has 8 heteroatoms. The molecule has 0 unspecified atom stereocenters. The molecule has 3 aliphatic rings. The Morgan fingerprint density at radius 2 is 1.61 bits per heavy atom. The first kappa shape index (κ1) is 20.4. The molecule has 0 atom stereocenters. The molecule has 0 N–H and O–H groups in total. The van der Waals surface area contributed by atoms with Crippen molar-refractivity contribution in [2.45, 2.75) is 44.4 Å². The minimum absolute atomic E-state index is 0.0303. The summed E-state index contributed by atoms with van der Waals surface area (Å²) >= 11 is 0. The monoisotopic (exact) mass is 424 g/mol. The minimum atomic E-state index is -0.0303. The number of nitrogens with zero attached hydrogens (tertiary/aromatic N) is 6. The summed E-state index contributed by atoms with van der Waals surface area (Å²) in [4.78, 5) is 41.0. The van der Waals surface area contributed by atoms with E-state index in [1.165, 1.54) is 12.8 Å². The van der Waals surface area contributed by atoms with Gasteiger partial charge in [-0.1, -0.05) is 12.8 Å². The molecule has 1 aliphatic carbocycles. The molecule has 2 aliphatic heterocycles. The van der Waals surface area contributed by atoms with Crippen molar-refractivity contribution in [1.29, 1.82) is 0 Å². The molecule has 1 saturated carbocycles. The maximum Gasteiger partial charge on any atom is 0.276 e. The molecule has 0 aromatic carbocycles. The molecule has 8 nitrogen and oxygen atoms in total. The van der Waals surface area contributed by atoms with Crippen LogP contribution in [0.25, 0.3) is 5.65 Å². The van der Waals surface area contributed by atoms with Crippen LogP contribution >= 0.6 is 0 Å². The Labute approximate surface area is 183 Å². The summed E-state index contributed by atoms with van der Waals surface area (Å²) in [5.41, 5.74) is 2.23. The third kappa shape index (κ3) is 3.93. The molecule has 0 spiro atoms. The highest BCUT2D eigenvalue weighted by molar-refractivity contribution is 5.98. The van der Waals surface area contributed by atoms with E-state index in [4.69, 9.17) is 0 Å². The number of aromatic nitrogens is 3. The Balaban J connectivity index is 1.30. The van der Waals surface area contributed by atoms with Crippen molar-refractivity contribution in [1.82, 2.24) is 29.1 Å². The minimum Gasteiger partial charge on any atom is -0.342 e. The van der Waals surface area contributed by atoms with E-state index < -0.39 is 0 Å². The SMILES string of the molecule is CN1CCN(C(=O)c2ncn3c(C4CCN(C(=O)C5CCCC5)CC4)ccnc23)CC1. The van der Waals surface area contributed by atoms with Crippen LogP contribution in [0.2, 0.25) is 0 Å². The maximum absolute atomic E-state index is 13.1. The van der Waals surface area contributed by atoms with Gasteiger partial charge in [0.15, 0.2) is 11.3 Å². The molecule has 4 heterocycles. The van der Waals surface area contributed by atoms with Crippen molar-refractivity contribution in [3.63, 3.8) is 0 Å². The van der Waals surface area contributed by atoms with Crippen LogP contribution in [-0.4, -0.2) is 87.2 Å². The number of likely N-dealkylation sites (N-methyl/N-ethyl adjacent to an activating group) is 1. The van der Waals surface area contributed by atoms with E-state index in [2.05, 4.69) is 26.8 Å². The Morgan fingerprint density at radius 1 is 0.903 bits per heavy atom. The van der Waals surface area contributed by atoms with Gasteiger partial charge in [-0.25, -0.2) is 9.97 Å². The van der Waals surface area contributed by atoms with Crippen molar-refractivity contribution in [3.8, 4) is 0 Å². The van der Waals surface area contributed by atoms with Crippen molar-refractivity contribution >= 4 is 17.5 Å². The van der Waals surface area contributed by atoms with E-state index in [9.17, 15) is 9.59 Å². The van der Waals surface area contributed by atoms with E-state index in [0.29, 0.717) is 23.2 Å². The number of piperidine rings is 1.